The summed E-state index contributed by atoms with van der Waals surface area (Å²) >= 11 is 0. The maximum Gasteiger partial charge on any atom is 0.271 e. The molecule has 25 heavy (non-hydrogen) atoms. The molecule has 1 fully saturated rings. The number of nitro groups is 1. The van der Waals surface area contributed by atoms with Crippen LogP contribution in [0.3, 0.4) is 0 Å². The van der Waals surface area contributed by atoms with Gasteiger partial charge in [-0.25, -0.2) is 25.9 Å². The van der Waals surface area contributed by atoms with E-state index in [0.717, 1.165) is 12.3 Å². The molecule has 1 aromatic rings. The first-order valence-corrected chi connectivity index (χ1v) is 11.0. The number of nitrogens with zero attached hydrogens (tertiary/aromatic N) is 2. The van der Waals surface area contributed by atoms with Gasteiger partial charge in [-0.05, 0) is 37.8 Å². The van der Waals surface area contributed by atoms with Gasteiger partial charge in [-0.1, -0.05) is 0 Å². The normalized spacial score (nSPS) is 17.6. The van der Waals surface area contributed by atoms with Gasteiger partial charge in [0.25, 0.3) is 5.69 Å². The zero-order chi connectivity index (χ0) is 19.0. The molecule has 1 heterocycles. The highest BCUT2D eigenvalue weighted by Crippen LogP contribution is 2.26. The third-order valence-corrected chi connectivity index (χ3v) is 7.30. The number of hydrogen-bond acceptors (Lipinski definition) is 6. The minimum absolute atomic E-state index is 0.121. The van der Waals surface area contributed by atoms with Crippen molar-refractivity contribution in [2.45, 2.75) is 37.6 Å². The van der Waals surface area contributed by atoms with Crippen molar-refractivity contribution in [2.75, 3.05) is 19.3 Å². The van der Waals surface area contributed by atoms with E-state index in [2.05, 4.69) is 4.72 Å². The van der Waals surface area contributed by atoms with Crippen molar-refractivity contribution in [3.05, 3.63) is 33.4 Å². The second-order valence-electron chi connectivity index (χ2n) is 6.20. The number of nitrogens with one attached hydrogen (secondary N) is 1. The van der Waals surface area contributed by atoms with Crippen LogP contribution in [0.15, 0.2) is 17.0 Å². The van der Waals surface area contributed by atoms with Gasteiger partial charge in [-0.15, -0.1) is 0 Å². The van der Waals surface area contributed by atoms with Gasteiger partial charge in [0.1, 0.15) is 0 Å². The summed E-state index contributed by atoms with van der Waals surface area (Å²) in [4.78, 5) is 10.2. The molecular weight excluding hydrogens is 370 g/mol. The molecule has 0 unspecified atom stereocenters. The van der Waals surface area contributed by atoms with E-state index in [1.54, 1.807) is 13.8 Å². The number of aryl methyl sites for hydroxylation is 1. The molecule has 0 aromatic heterocycles. The van der Waals surface area contributed by atoms with Crippen molar-refractivity contribution in [3.63, 3.8) is 0 Å². The van der Waals surface area contributed by atoms with Crippen LogP contribution < -0.4 is 4.72 Å². The molecule has 11 heteroatoms. The molecule has 0 saturated carbocycles. The molecule has 0 radical (unpaired) electrons. The highest BCUT2D eigenvalue weighted by atomic mass is 32.2. The zero-order valence-corrected chi connectivity index (χ0v) is 15.9. The molecule has 9 nitrogen and oxygen atoms in total. The Morgan fingerprint density at radius 3 is 2.20 bits per heavy atom. The van der Waals surface area contributed by atoms with E-state index in [4.69, 9.17) is 0 Å². The summed E-state index contributed by atoms with van der Waals surface area (Å²) in [7, 11) is -7.24. The number of non-ortho nitro benzene ring substituents is 1. The Kier molecular flexibility index (Phi) is 5.52. The molecule has 1 aliphatic rings. The van der Waals surface area contributed by atoms with Crippen molar-refractivity contribution in [1.82, 2.24) is 9.03 Å². The third kappa shape index (κ3) is 4.54. The molecular formula is C14H21N3O6S2. The second kappa shape index (κ2) is 6.98. The van der Waals surface area contributed by atoms with Gasteiger partial charge in [-0.2, -0.15) is 0 Å². The summed E-state index contributed by atoms with van der Waals surface area (Å²) in [6.45, 7) is 3.68. The maximum absolute atomic E-state index is 12.7. The predicted molar refractivity (Wildman–Crippen MR) is 92.3 cm³/mol. The number of piperidine rings is 1. The Hall–Kier alpha value is -1.56. The van der Waals surface area contributed by atoms with E-state index >= 15 is 0 Å². The van der Waals surface area contributed by atoms with Gasteiger partial charge in [0.05, 0.1) is 16.1 Å². The lowest BCUT2D eigenvalue weighted by Crippen LogP contribution is -2.46. The van der Waals surface area contributed by atoms with Crippen LogP contribution in [-0.4, -0.2) is 51.5 Å². The summed E-state index contributed by atoms with van der Waals surface area (Å²) in [5.74, 6) is 0. The number of benzene rings is 1. The lowest BCUT2D eigenvalue weighted by atomic mass is 10.1. The monoisotopic (exact) mass is 391 g/mol. The molecule has 2 rings (SSSR count). The largest absolute Gasteiger partial charge is 0.271 e. The average molecular weight is 391 g/mol. The summed E-state index contributed by atoms with van der Waals surface area (Å²) in [5.41, 5.74) is 0.684. The molecule has 0 spiro atoms. The summed E-state index contributed by atoms with van der Waals surface area (Å²) < 4.78 is 52.2. The van der Waals surface area contributed by atoms with Crippen LogP contribution in [0, 0.1) is 24.0 Å². The molecule has 0 amide bonds. The van der Waals surface area contributed by atoms with E-state index in [-0.39, 0.29) is 23.7 Å². The van der Waals surface area contributed by atoms with Crippen molar-refractivity contribution in [2.24, 2.45) is 0 Å². The summed E-state index contributed by atoms with van der Waals surface area (Å²) in [6, 6.07) is 1.97. The molecule has 1 aromatic carbocycles. The van der Waals surface area contributed by atoms with Gasteiger partial charge >= 0.3 is 0 Å². The highest BCUT2D eigenvalue weighted by molar-refractivity contribution is 7.89. The smallest absolute Gasteiger partial charge is 0.258 e. The lowest BCUT2D eigenvalue weighted by Gasteiger charge is -2.30. The fourth-order valence-electron chi connectivity index (χ4n) is 2.78. The average Bonchev–Trinajstić information content (AvgIpc) is 2.48. The van der Waals surface area contributed by atoms with Crippen LogP contribution in [0.5, 0.6) is 0 Å². The van der Waals surface area contributed by atoms with Crippen molar-refractivity contribution < 1.29 is 21.8 Å². The summed E-state index contributed by atoms with van der Waals surface area (Å²) in [6.07, 6.45) is 1.81. The Morgan fingerprint density at radius 1 is 1.16 bits per heavy atom. The topological polar surface area (TPSA) is 127 Å². The Morgan fingerprint density at radius 2 is 1.72 bits per heavy atom. The van der Waals surface area contributed by atoms with Gasteiger partial charge in [0.15, 0.2) is 0 Å². The molecule has 140 valence electrons. The van der Waals surface area contributed by atoms with E-state index in [0.29, 0.717) is 24.0 Å². The van der Waals surface area contributed by atoms with E-state index in [1.807, 2.05) is 0 Å². The predicted octanol–water partition coefficient (Wildman–Crippen LogP) is 0.914. The van der Waals surface area contributed by atoms with Crippen molar-refractivity contribution in [1.29, 1.82) is 0 Å². The van der Waals surface area contributed by atoms with Crippen LogP contribution in [-0.2, 0) is 20.0 Å². The number of rotatable bonds is 5. The Bertz CT molecular complexity index is 887. The van der Waals surface area contributed by atoms with Crippen LogP contribution in [0.4, 0.5) is 5.69 Å². The first-order valence-electron chi connectivity index (χ1n) is 7.65. The van der Waals surface area contributed by atoms with Crippen LogP contribution in [0.2, 0.25) is 0 Å². The van der Waals surface area contributed by atoms with Crippen LogP contribution >= 0.6 is 0 Å². The van der Waals surface area contributed by atoms with E-state index in [9.17, 15) is 26.9 Å². The Labute approximate surface area is 147 Å². The van der Waals surface area contributed by atoms with Gasteiger partial charge < -0.3 is 0 Å². The van der Waals surface area contributed by atoms with Gasteiger partial charge in [0.2, 0.25) is 20.0 Å². The van der Waals surface area contributed by atoms with Gasteiger partial charge in [0, 0.05) is 31.3 Å². The first kappa shape index (κ1) is 19.8. The zero-order valence-electron chi connectivity index (χ0n) is 14.2. The molecule has 0 bridgehead atoms. The standard InChI is InChI=1S/C14H21N3O6S2/c1-10-8-13(17(18)19)9-14(11(10)2)25(22,23)15-12-4-6-16(7-5-12)24(3,20)21/h8-9,12,15H,4-7H2,1-3H3. The van der Waals surface area contributed by atoms with Crippen molar-refractivity contribution >= 4 is 25.7 Å². The molecule has 1 aliphatic heterocycles. The van der Waals surface area contributed by atoms with Crippen molar-refractivity contribution in [3.8, 4) is 0 Å². The summed E-state index contributed by atoms with van der Waals surface area (Å²) in [5, 5.41) is 11.0. The SMILES string of the molecule is Cc1cc([N+](=O)[O-])cc(S(=O)(=O)NC2CCN(S(C)(=O)=O)CC2)c1C. The number of sulfonamides is 2. The first-order chi connectivity index (χ1) is 11.4. The quantitative estimate of drug-likeness (QED) is 0.587. The lowest BCUT2D eigenvalue weighted by molar-refractivity contribution is -0.385. The molecule has 0 aliphatic carbocycles. The molecule has 0 atom stereocenters. The third-order valence-electron chi connectivity index (χ3n) is 4.35. The fourth-order valence-corrected chi connectivity index (χ4v) is 5.30. The molecule has 1 N–H and O–H groups in total. The number of nitro benzene ring substituents is 1. The van der Waals surface area contributed by atoms with Gasteiger partial charge in [-0.3, -0.25) is 10.1 Å². The fraction of sp³-hybridized carbons (Fsp3) is 0.571. The van der Waals surface area contributed by atoms with Crippen LogP contribution in [0.25, 0.3) is 0 Å². The minimum atomic E-state index is -3.94. The van der Waals surface area contributed by atoms with Crippen LogP contribution in [0.1, 0.15) is 24.0 Å². The maximum atomic E-state index is 12.7. The Balaban J connectivity index is 2.22. The minimum Gasteiger partial charge on any atom is -0.258 e. The second-order valence-corrected chi connectivity index (χ2v) is 9.87. The van der Waals surface area contributed by atoms with E-state index in [1.165, 1.54) is 10.4 Å². The molecule has 1 saturated heterocycles. The van der Waals surface area contributed by atoms with E-state index < -0.39 is 31.0 Å². The highest BCUT2D eigenvalue weighted by Gasteiger charge is 2.29. The number of hydrogen-bond donors (Lipinski definition) is 1.